The topological polar surface area (TPSA) is 79.0 Å². The van der Waals surface area contributed by atoms with Crippen molar-refractivity contribution in [2.45, 2.75) is 38.8 Å². The van der Waals surface area contributed by atoms with Crippen LogP contribution in [0.4, 0.5) is 0 Å². The number of sulfonamides is 1. The number of rotatable bonds is 6. The molecule has 0 bridgehead atoms. The van der Waals surface area contributed by atoms with Gasteiger partial charge in [0.05, 0.1) is 6.07 Å². The van der Waals surface area contributed by atoms with E-state index in [0.29, 0.717) is 18.9 Å². The van der Waals surface area contributed by atoms with Gasteiger partial charge in [0.25, 0.3) is 10.0 Å². The molecule has 0 unspecified atom stereocenters. The first-order valence-corrected chi connectivity index (χ1v) is 7.32. The summed E-state index contributed by atoms with van der Waals surface area (Å²) in [7, 11) is -3.58. The summed E-state index contributed by atoms with van der Waals surface area (Å²) < 4.78 is 27.6. The summed E-state index contributed by atoms with van der Waals surface area (Å²) in [4.78, 5) is 4.08. The van der Waals surface area contributed by atoms with Gasteiger partial charge >= 0.3 is 0 Å². The minimum Gasteiger partial charge on any atom is -0.334 e. The highest BCUT2D eigenvalue weighted by molar-refractivity contribution is 7.89. The molecular weight excluding hydrogens is 252 g/mol. The van der Waals surface area contributed by atoms with Gasteiger partial charge in [-0.3, -0.25) is 0 Å². The van der Waals surface area contributed by atoms with Gasteiger partial charge in [-0.05, 0) is 13.8 Å². The molecule has 1 aromatic heterocycles. The molecule has 1 rings (SSSR count). The Morgan fingerprint density at radius 2 is 2.17 bits per heavy atom. The molecule has 0 aliphatic carbocycles. The molecule has 0 radical (unpaired) electrons. The van der Waals surface area contributed by atoms with Crippen LogP contribution in [0.5, 0.6) is 0 Å². The summed E-state index contributed by atoms with van der Waals surface area (Å²) in [6.45, 7) is 6.67. The summed E-state index contributed by atoms with van der Waals surface area (Å²) >= 11 is 0. The number of nitriles is 1. The molecule has 1 aromatic rings. The molecule has 100 valence electrons. The van der Waals surface area contributed by atoms with Crippen molar-refractivity contribution >= 4 is 10.0 Å². The van der Waals surface area contributed by atoms with E-state index >= 15 is 0 Å². The Bertz CT molecular complexity index is 542. The van der Waals surface area contributed by atoms with Gasteiger partial charge in [-0.1, -0.05) is 6.92 Å². The van der Waals surface area contributed by atoms with E-state index in [9.17, 15) is 8.42 Å². The minimum absolute atomic E-state index is 0.0571. The summed E-state index contributed by atoms with van der Waals surface area (Å²) in [5, 5.41) is 8.60. The number of hydrogen-bond donors (Lipinski definition) is 0. The van der Waals surface area contributed by atoms with E-state index in [4.69, 9.17) is 5.26 Å². The van der Waals surface area contributed by atoms with Crippen LogP contribution in [0.25, 0.3) is 0 Å². The maximum Gasteiger partial charge on any atom is 0.262 e. The van der Waals surface area contributed by atoms with Crippen LogP contribution < -0.4 is 0 Å². The van der Waals surface area contributed by atoms with Crippen molar-refractivity contribution in [2.75, 3.05) is 13.1 Å². The Kier molecular flexibility index (Phi) is 4.87. The Labute approximate surface area is 108 Å². The molecule has 18 heavy (non-hydrogen) atoms. The van der Waals surface area contributed by atoms with Gasteiger partial charge < -0.3 is 4.57 Å². The number of aromatic nitrogens is 2. The lowest BCUT2D eigenvalue weighted by molar-refractivity contribution is 0.433. The molecule has 1 heterocycles. The van der Waals surface area contributed by atoms with Crippen molar-refractivity contribution in [2.24, 2.45) is 0 Å². The molecule has 0 atom stereocenters. The molecular formula is C11H18N4O2S. The lowest BCUT2D eigenvalue weighted by atomic mass is 10.5. The zero-order valence-electron chi connectivity index (χ0n) is 10.9. The summed E-state index contributed by atoms with van der Waals surface area (Å²) in [6.07, 6.45) is 1.72. The van der Waals surface area contributed by atoms with E-state index in [2.05, 4.69) is 4.98 Å². The van der Waals surface area contributed by atoms with Crippen LogP contribution >= 0.6 is 0 Å². The normalized spacial score (nSPS) is 11.7. The van der Waals surface area contributed by atoms with Crippen molar-refractivity contribution in [3.63, 3.8) is 0 Å². The SMILES string of the molecule is CCN(CCC#N)S(=O)(=O)c1cn(CC)c(C)n1. The van der Waals surface area contributed by atoms with E-state index in [1.54, 1.807) is 24.6 Å². The lowest BCUT2D eigenvalue weighted by Crippen LogP contribution is -2.32. The van der Waals surface area contributed by atoms with Crippen molar-refractivity contribution in [1.29, 1.82) is 5.26 Å². The molecule has 0 aromatic carbocycles. The monoisotopic (exact) mass is 270 g/mol. The second-order valence-corrected chi connectivity index (χ2v) is 5.70. The third-order valence-corrected chi connectivity index (χ3v) is 4.57. The summed E-state index contributed by atoms with van der Waals surface area (Å²) in [5.41, 5.74) is 0. The van der Waals surface area contributed by atoms with E-state index in [1.807, 2.05) is 13.0 Å². The number of aryl methyl sites for hydroxylation is 2. The highest BCUT2D eigenvalue weighted by atomic mass is 32.2. The highest BCUT2D eigenvalue weighted by Gasteiger charge is 2.25. The molecule has 0 fully saturated rings. The molecule has 0 saturated heterocycles. The van der Waals surface area contributed by atoms with Gasteiger partial charge in [0.15, 0.2) is 5.03 Å². The number of nitrogens with zero attached hydrogens (tertiary/aromatic N) is 4. The van der Waals surface area contributed by atoms with E-state index in [1.165, 1.54) is 4.31 Å². The van der Waals surface area contributed by atoms with Crippen molar-refractivity contribution in [1.82, 2.24) is 13.9 Å². The largest absolute Gasteiger partial charge is 0.334 e. The van der Waals surface area contributed by atoms with Crippen LogP contribution in [0.2, 0.25) is 0 Å². The third-order valence-electron chi connectivity index (χ3n) is 2.72. The van der Waals surface area contributed by atoms with Crippen LogP contribution in [0.15, 0.2) is 11.2 Å². The second kappa shape index (κ2) is 5.98. The van der Waals surface area contributed by atoms with Crippen LogP contribution in [0.1, 0.15) is 26.1 Å². The van der Waals surface area contributed by atoms with Gasteiger partial charge in [0.1, 0.15) is 5.82 Å². The van der Waals surface area contributed by atoms with Crippen LogP contribution in [0.3, 0.4) is 0 Å². The van der Waals surface area contributed by atoms with E-state index < -0.39 is 10.0 Å². The van der Waals surface area contributed by atoms with E-state index in [-0.39, 0.29) is 18.0 Å². The zero-order valence-corrected chi connectivity index (χ0v) is 11.7. The molecule has 0 N–H and O–H groups in total. The predicted octanol–water partition coefficient (Wildman–Crippen LogP) is 1.14. The maximum absolute atomic E-state index is 12.3. The fourth-order valence-electron chi connectivity index (χ4n) is 1.68. The van der Waals surface area contributed by atoms with Gasteiger partial charge in [-0.25, -0.2) is 13.4 Å². The molecule has 0 amide bonds. The first-order chi connectivity index (χ1) is 8.47. The Balaban J connectivity index is 3.07. The standard InChI is InChI=1S/C11H18N4O2S/c1-4-14-9-11(13-10(14)3)18(16,17)15(5-2)8-6-7-12/h9H,4-6,8H2,1-3H3. The fraction of sp³-hybridized carbons (Fsp3) is 0.636. The zero-order chi connectivity index (χ0) is 13.8. The van der Waals surface area contributed by atoms with Crippen molar-refractivity contribution < 1.29 is 8.42 Å². The maximum atomic E-state index is 12.3. The fourth-order valence-corrected chi connectivity index (χ4v) is 3.12. The first kappa shape index (κ1) is 14.7. The average molecular weight is 270 g/mol. The quantitative estimate of drug-likeness (QED) is 0.776. The minimum atomic E-state index is -3.58. The molecule has 0 aliphatic rings. The van der Waals surface area contributed by atoms with Crippen molar-refractivity contribution in [3.8, 4) is 6.07 Å². The van der Waals surface area contributed by atoms with Gasteiger partial charge in [-0.2, -0.15) is 9.57 Å². The second-order valence-electron chi connectivity index (χ2n) is 3.82. The van der Waals surface area contributed by atoms with E-state index in [0.717, 1.165) is 0 Å². The van der Waals surface area contributed by atoms with Crippen LogP contribution in [-0.2, 0) is 16.6 Å². The molecule has 6 nitrogen and oxygen atoms in total. The van der Waals surface area contributed by atoms with Crippen LogP contribution in [-0.4, -0.2) is 35.4 Å². The van der Waals surface area contributed by atoms with Gasteiger partial charge in [-0.15, -0.1) is 0 Å². The molecule has 7 heteroatoms. The van der Waals surface area contributed by atoms with Crippen LogP contribution in [0, 0.1) is 18.3 Å². The summed E-state index contributed by atoms with van der Waals surface area (Å²) in [5.74, 6) is 0.674. The van der Waals surface area contributed by atoms with Gasteiger partial charge in [0, 0.05) is 32.3 Å². The number of hydrogen-bond acceptors (Lipinski definition) is 4. The third kappa shape index (κ3) is 2.89. The van der Waals surface area contributed by atoms with Crippen molar-refractivity contribution in [3.05, 3.63) is 12.0 Å². The molecule has 0 aliphatic heterocycles. The lowest BCUT2D eigenvalue weighted by Gasteiger charge is -2.17. The Morgan fingerprint density at radius 3 is 2.61 bits per heavy atom. The summed E-state index contributed by atoms with van der Waals surface area (Å²) in [6, 6.07) is 1.95. The smallest absolute Gasteiger partial charge is 0.262 e. The Morgan fingerprint density at radius 1 is 1.50 bits per heavy atom. The average Bonchev–Trinajstić information content (AvgIpc) is 2.72. The Hall–Kier alpha value is -1.39. The highest BCUT2D eigenvalue weighted by Crippen LogP contribution is 2.15. The number of imidazole rings is 1. The molecule has 0 spiro atoms. The van der Waals surface area contributed by atoms with Gasteiger partial charge in [0.2, 0.25) is 0 Å². The molecule has 0 saturated carbocycles. The first-order valence-electron chi connectivity index (χ1n) is 5.88. The predicted molar refractivity (Wildman–Crippen MR) is 67.3 cm³/mol.